The van der Waals surface area contributed by atoms with Crippen molar-refractivity contribution in [2.24, 2.45) is 0 Å². The molecule has 3 rings (SSSR count). The van der Waals surface area contributed by atoms with E-state index in [4.69, 9.17) is 14.2 Å². The van der Waals surface area contributed by atoms with Crippen LogP contribution < -0.4 is 14.8 Å². The van der Waals surface area contributed by atoms with Gasteiger partial charge in [-0.05, 0) is 30.3 Å². The highest BCUT2D eigenvalue weighted by molar-refractivity contribution is 7.16. The molecule has 1 aromatic heterocycles. The molecule has 134 valence electrons. The normalized spacial score (nSPS) is 10.4. The van der Waals surface area contributed by atoms with Crippen molar-refractivity contribution < 1.29 is 23.8 Å². The first-order chi connectivity index (χ1) is 12.6. The highest BCUT2D eigenvalue weighted by Gasteiger charge is 2.13. The number of methoxy groups -OCH3 is 2. The zero-order valence-corrected chi connectivity index (χ0v) is 15.0. The average molecular weight is 372 g/mol. The third kappa shape index (κ3) is 3.92. The van der Waals surface area contributed by atoms with Gasteiger partial charge in [-0.15, -0.1) is 11.3 Å². The maximum absolute atomic E-state index is 12.1. The summed E-state index contributed by atoms with van der Waals surface area (Å²) in [7, 11) is 3.02. The van der Waals surface area contributed by atoms with Crippen LogP contribution in [0.5, 0.6) is 11.5 Å². The van der Waals surface area contributed by atoms with Gasteiger partial charge < -0.3 is 19.5 Å². The molecule has 0 aliphatic carbocycles. The van der Waals surface area contributed by atoms with Crippen LogP contribution in [-0.2, 0) is 9.53 Å². The molecule has 8 heteroatoms. The molecular formula is C18H16N2O5S. The predicted octanol–water partition coefficient (Wildman–Crippen LogP) is 3.11. The van der Waals surface area contributed by atoms with Gasteiger partial charge in [0.2, 0.25) is 0 Å². The molecule has 0 aliphatic rings. The predicted molar refractivity (Wildman–Crippen MR) is 98.1 cm³/mol. The highest BCUT2D eigenvalue weighted by Crippen LogP contribution is 2.29. The lowest BCUT2D eigenvalue weighted by Crippen LogP contribution is -2.21. The number of aromatic nitrogens is 1. The van der Waals surface area contributed by atoms with E-state index in [9.17, 15) is 9.59 Å². The molecular weight excluding hydrogens is 356 g/mol. The van der Waals surface area contributed by atoms with Crippen LogP contribution in [0.1, 0.15) is 10.4 Å². The van der Waals surface area contributed by atoms with Crippen molar-refractivity contribution in [2.45, 2.75) is 0 Å². The minimum Gasteiger partial charge on any atom is -0.497 e. The van der Waals surface area contributed by atoms with E-state index in [0.29, 0.717) is 22.7 Å². The maximum Gasteiger partial charge on any atom is 0.338 e. The molecule has 7 nitrogen and oxygen atoms in total. The van der Waals surface area contributed by atoms with E-state index in [1.54, 1.807) is 41.9 Å². The Morgan fingerprint density at radius 3 is 2.73 bits per heavy atom. The second-order valence-electron chi connectivity index (χ2n) is 5.23. The van der Waals surface area contributed by atoms with E-state index in [-0.39, 0.29) is 0 Å². The molecule has 0 unspecified atom stereocenters. The van der Waals surface area contributed by atoms with Crippen LogP contribution >= 0.6 is 11.3 Å². The standard InChI is InChI=1S/C18H16N2O5S/c1-23-12-4-6-13(15(8-12)24-2)20-17(21)9-25-18(22)11-3-5-14-16(7-11)26-10-19-14/h3-8,10H,9H2,1-2H3,(H,20,21). The van der Waals surface area contributed by atoms with Crippen LogP contribution in [0.4, 0.5) is 5.69 Å². The van der Waals surface area contributed by atoms with Crippen LogP contribution in [0.15, 0.2) is 41.9 Å². The number of fused-ring (bicyclic) bond motifs is 1. The summed E-state index contributed by atoms with van der Waals surface area (Å²) in [5.74, 6) is 0.00207. The summed E-state index contributed by atoms with van der Waals surface area (Å²) >= 11 is 1.43. The molecule has 1 N–H and O–H groups in total. The molecule has 3 aromatic rings. The molecule has 0 aliphatic heterocycles. The van der Waals surface area contributed by atoms with E-state index in [0.717, 1.165) is 10.2 Å². The third-order valence-electron chi connectivity index (χ3n) is 3.58. The van der Waals surface area contributed by atoms with E-state index in [1.165, 1.54) is 25.6 Å². The van der Waals surface area contributed by atoms with Crippen molar-refractivity contribution in [1.82, 2.24) is 4.98 Å². The molecule has 2 aromatic carbocycles. The Kier molecular flexibility index (Phi) is 5.33. The number of hydrogen-bond donors (Lipinski definition) is 1. The number of carbonyl (C=O) groups is 2. The van der Waals surface area contributed by atoms with Crippen LogP contribution in [0.25, 0.3) is 10.2 Å². The van der Waals surface area contributed by atoms with E-state index >= 15 is 0 Å². The third-order valence-corrected chi connectivity index (χ3v) is 4.38. The Hall–Kier alpha value is -3.13. The summed E-state index contributed by atoms with van der Waals surface area (Å²) < 4.78 is 16.3. The van der Waals surface area contributed by atoms with Gasteiger partial charge in [-0.1, -0.05) is 0 Å². The Morgan fingerprint density at radius 2 is 1.96 bits per heavy atom. The first-order valence-corrected chi connectivity index (χ1v) is 8.51. The Labute approximate surface area is 153 Å². The van der Waals surface area contributed by atoms with Crippen LogP contribution in [-0.4, -0.2) is 37.7 Å². The van der Waals surface area contributed by atoms with Crippen molar-refractivity contribution in [3.63, 3.8) is 0 Å². The zero-order valence-electron chi connectivity index (χ0n) is 14.1. The zero-order chi connectivity index (χ0) is 18.5. The van der Waals surface area contributed by atoms with Gasteiger partial charge in [0.15, 0.2) is 6.61 Å². The first-order valence-electron chi connectivity index (χ1n) is 7.63. The fraction of sp³-hybridized carbons (Fsp3) is 0.167. The van der Waals surface area contributed by atoms with E-state index in [2.05, 4.69) is 10.3 Å². The van der Waals surface area contributed by atoms with Gasteiger partial charge >= 0.3 is 5.97 Å². The number of hydrogen-bond acceptors (Lipinski definition) is 7. The molecule has 0 saturated carbocycles. The maximum atomic E-state index is 12.1. The van der Waals surface area contributed by atoms with Crippen molar-refractivity contribution in [1.29, 1.82) is 0 Å². The van der Waals surface area contributed by atoms with Gasteiger partial charge in [0.05, 0.1) is 41.2 Å². The molecule has 0 radical (unpaired) electrons. The number of nitrogens with zero attached hydrogens (tertiary/aromatic N) is 1. The Balaban J connectivity index is 1.60. The number of carbonyl (C=O) groups excluding carboxylic acids is 2. The summed E-state index contributed by atoms with van der Waals surface area (Å²) in [5.41, 5.74) is 3.35. The summed E-state index contributed by atoms with van der Waals surface area (Å²) in [6.45, 7) is -0.408. The molecule has 1 heterocycles. The summed E-state index contributed by atoms with van der Waals surface area (Å²) in [6, 6.07) is 10.0. The van der Waals surface area contributed by atoms with Crippen molar-refractivity contribution in [3.8, 4) is 11.5 Å². The molecule has 0 atom stereocenters. The number of ether oxygens (including phenoxy) is 3. The number of rotatable bonds is 6. The smallest absolute Gasteiger partial charge is 0.338 e. The second kappa shape index (κ2) is 7.83. The van der Waals surface area contributed by atoms with Gasteiger partial charge in [0.25, 0.3) is 5.91 Å². The SMILES string of the molecule is COc1ccc(NC(=O)COC(=O)c2ccc3ncsc3c2)c(OC)c1. The fourth-order valence-electron chi connectivity index (χ4n) is 2.28. The minimum atomic E-state index is -0.572. The molecule has 0 saturated heterocycles. The molecule has 1 amide bonds. The lowest BCUT2D eigenvalue weighted by Gasteiger charge is -2.11. The highest BCUT2D eigenvalue weighted by atomic mass is 32.1. The number of anilines is 1. The van der Waals surface area contributed by atoms with Crippen LogP contribution in [0, 0.1) is 0 Å². The van der Waals surface area contributed by atoms with Gasteiger partial charge in [-0.25, -0.2) is 9.78 Å². The monoisotopic (exact) mass is 372 g/mol. The first kappa shape index (κ1) is 17.7. The molecule has 0 bridgehead atoms. The second-order valence-corrected chi connectivity index (χ2v) is 6.11. The molecule has 0 spiro atoms. The van der Waals surface area contributed by atoms with Crippen LogP contribution in [0.2, 0.25) is 0 Å². The topological polar surface area (TPSA) is 86.8 Å². The Bertz CT molecular complexity index is 954. The quantitative estimate of drug-likeness (QED) is 0.669. The van der Waals surface area contributed by atoms with E-state index < -0.39 is 18.5 Å². The molecule has 0 fully saturated rings. The number of amides is 1. The summed E-state index contributed by atoms with van der Waals surface area (Å²) in [6.07, 6.45) is 0. The summed E-state index contributed by atoms with van der Waals surface area (Å²) in [5, 5.41) is 2.64. The van der Waals surface area contributed by atoms with Gasteiger partial charge in [-0.3, -0.25) is 4.79 Å². The number of esters is 1. The lowest BCUT2D eigenvalue weighted by molar-refractivity contribution is -0.119. The van der Waals surface area contributed by atoms with E-state index in [1.807, 2.05) is 0 Å². The average Bonchev–Trinajstić information content (AvgIpc) is 3.14. The lowest BCUT2D eigenvalue weighted by atomic mass is 10.2. The largest absolute Gasteiger partial charge is 0.497 e. The van der Waals surface area contributed by atoms with Gasteiger partial charge in [0, 0.05) is 6.07 Å². The molecule has 26 heavy (non-hydrogen) atoms. The number of benzene rings is 2. The fourth-order valence-corrected chi connectivity index (χ4v) is 3.00. The van der Waals surface area contributed by atoms with Gasteiger partial charge in [0.1, 0.15) is 11.5 Å². The van der Waals surface area contributed by atoms with Crippen molar-refractivity contribution >= 4 is 39.1 Å². The van der Waals surface area contributed by atoms with Crippen molar-refractivity contribution in [3.05, 3.63) is 47.5 Å². The number of thiazole rings is 1. The van der Waals surface area contributed by atoms with Crippen LogP contribution in [0.3, 0.4) is 0 Å². The minimum absolute atomic E-state index is 0.372. The van der Waals surface area contributed by atoms with Crippen molar-refractivity contribution in [2.75, 3.05) is 26.1 Å². The van der Waals surface area contributed by atoms with Gasteiger partial charge in [-0.2, -0.15) is 0 Å². The summed E-state index contributed by atoms with van der Waals surface area (Å²) in [4.78, 5) is 28.3. The number of nitrogens with one attached hydrogen (secondary N) is 1. The Morgan fingerprint density at radius 1 is 1.12 bits per heavy atom.